The highest BCUT2D eigenvalue weighted by Gasteiger charge is 2.47. The minimum absolute atomic E-state index is 0.150. The van der Waals surface area contributed by atoms with Gasteiger partial charge in [-0.25, -0.2) is 0 Å². The molecule has 0 aromatic carbocycles. The second-order valence-corrected chi connectivity index (χ2v) is 17.7. The maximum absolute atomic E-state index is 13.0. The molecule has 0 radical (unpaired) electrons. The highest BCUT2D eigenvalue weighted by atomic mass is 16.7. The van der Waals surface area contributed by atoms with Crippen LogP contribution in [0.25, 0.3) is 0 Å². The van der Waals surface area contributed by atoms with Crippen molar-refractivity contribution in [3.05, 3.63) is 24.3 Å². The molecule has 64 heavy (non-hydrogen) atoms. The van der Waals surface area contributed by atoms with Gasteiger partial charge in [-0.3, -0.25) is 9.59 Å². The van der Waals surface area contributed by atoms with Crippen LogP contribution in [0.2, 0.25) is 0 Å². The Morgan fingerprint density at radius 1 is 0.500 bits per heavy atom. The molecule has 0 aromatic rings. The van der Waals surface area contributed by atoms with E-state index in [9.17, 15) is 45.3 Å². The first kappa shape index (κ1) is 58.1. The topological polar surface area (TPSA) is 231 Å². The molecule has 2 heterocycles. The summed E-state index contributed by atoms with van der Waals surface area (Å²) in [4.78, 5) is 25.7. The fourth-order valence-corrected chi connectivity index (χ4v) is 7.80. The Morgan fingerprint density at radius 2 is 0.922 bits per heavy atom. The standard InChI is InChI=1S/C49H88O15/c1-3-5-7-9-11-13-15-17-18-20-22-24-26-28-30-32-41(52)62-37(34-59-40(51)31-29-27-25-23-21-19-16-14-12-10-8-6-4-2)35-60-48-47(58)45(56)43(54)39(64-48)36-61-49-46(57)44(55)42(53)38(33-50)63-49/h13,15,17-18,37-39,42-50,53-58H,3-12,14,16,19-36H2,1-2H3/b15-13+,18-17+/t37-,38-,39-,42+,43+,44?,45?,46?,47?,48-,49-/m1/s1. The van der Waals surface area contributed by atoms with Gasteiger partial charge in [0, 0.05) is 12.8 Å². The maximum Gasteiger partial charge on any atom is 0.306 e. The third kappa shape index (κ3) is 25.2. The maximum atomic E-state index is 13.0. The van der Waals surface area contributed by atoms with Gasteiger partial charge in [-0.1, -0.05) is 154 Å². The zero-order valence-electron chi connectivity index (χ0n) is 39.3. The first-order chi connectivity index (χ1) is 31.0. The molecule has 2 fully saturated rings. The van der Waals surface area contributed by atoms with Crippen molar-refractivity contribution in [1.82, 2.24) is 0 Å². The number of hydrogen-bond acceptors (Lipinski definition) is 15. The van der Waals surface area contributed by atoms with E-state index < -0.39 is 92.7 Å². The molecule has 0 spiro atoms. The van der Waals surface area contributed by atoms with Crippen LogP contribution in [0.5, 0.6) is 0 Å². The van der Waals surface area contributed by atoms with Crippen molar-refractivity contribution in [3.8, 4) is 0 Å². The summed E-state index contributed by atoms with van der Waals surface area (Å²) in [7, 11) is 0. The molecule has 15 heteroatoms. The summed E-state index contributed by atoms with van der Waals surface area (Å²) in [5.74, 6) is -0.938. The molecule has 2 aliphatic heterocycles. The Hall–Kier alpha value is -2.02. The van der Waals surface area contributed by atoms with Crippen LogP contribution in [0.4, 0.5) is 0 Å². The van der Waals surface area contributed by atoms with Crippen molar-refractivity contribution < 1.29 is 73.8 Å². The first-order valence-corrected chi connectivity index (χ1v) is 24.9. The van der Waals surface area contributed by atoms with Crippen LogP contribution in [-0.4, -0.2) is 142 Å². The van der Waals surface area contributed by atoms with Gasteiger partial charge in [-0.2, -0.15) is 0 Å². The number of allylic oxidation sites excluding steroid dienone is 4. The fraction of sp³-hybridized carbons (Fsp3) is 0.878. The molecule has 0 bridgehead atoms. The van der Waals surface area contributed by atoms with E-state index in [0.29, 0.717) is 12.8 Å². The molecule has 15 nitrogen and oxygen atoms in total. The second-order valence-electron chi connectivity index (χ2n) is 17.7. The van der Waals surface area contributed by atoms with Crippen molar-refractivity contribution in [2.75, 3.05) is 26.4 Å². The molecule has 7 N–H and O–H groups in total. The second kappa shape index (κ2) is 37.0. The van der Waals surface area contributed by atoms with Crippen LogP contribution in [0, 0.1) is 0 Å². The lowest BCUT2D eigenvalue weighted by molar-refractivity contribution is -0.332. The van der Waals surface area contributed by atoms with Gasteiger partial charge in [0.1, 0.15) is 55.4 Å². The Bertz CT molecular complexity index is 1220. The van der Waals surface area contributed by atoms with Crippen LogP contribution < -0.4 is 0 Å². The Labute approximate surface area is 383 Å². The first-order valence-electron chi connectivity index (χ1n) is 24.9. The van der Waals surface area contributed by atoms with Crippen molar-refractivity contribution in [1.29, 1.82) is 0 Å². The normalized spacial score (nSPS) is 26.8. The minimum atomic E-state index is -1.76. The number of ether oxygens (including phenoxy) is 6. The molecule has 2 saturated heterocycles. The zero-order chi connectivity index (χ0) is 46.8. The quantitative estimate of drug-likeness (QED) is 0.0203. The number of aliphatic hydroxyl groups excluding tert-OH is 7. The summed E-state index contributed by atoms with van der Waals surface area (Å²) < 4.78 is 33.5. The van der Waals surface area contributed by atoms with Crippen molar-refractivity contribution in [2.45, 2.75) is 248 Å². The minimum Gasteiger partial charge on any atom is -0.462 e. The molecule has 2 aliphatic rings. The SMILES string of the molecule is CCCCCC/C=C/C=C/CCCCCCCC(=O)O[C@H](COC(=O)CCCCCCCCCCCCCCC)CO[C@@H]1O[C@H](CO[C@@H]2O[C@H](CO)[C@H](O)C(O)C2O)[C@H](O)C(O)C1O. The lowest BCUT2D eigenvalue weighted by Crippen LogP contribution is -2.61. The van der Waals surface area contributed by atoms with E-state index in [-0.39, 0.29) is 26.1 Å². The Morgan fingerprint density at radius 3 is 1.44 bits per heavy atom. The van der Waals surface area contributed by atoms with Gasteiger partial charge >= 0.3 is 11.9 Å². The van der Waals surface area contributed by atoms with Crippen LogP contribution >= 0.6 is 0 Å². The van der Waals surface area contributed by atoms with Gasteiger partial charge in [-0.05, 0) is 38.5 Å². The van der Waals surface area contributed by atoms with E-state index in [1.165, 1.54) is 83.5 Å². The molecular formula is C49H88O15. The smallest absolute Gasteiger partial charge is 0.306 e. The van der Waals surface area contributed by atoms with E-state index in [4.69, 9.17) is 28.4 Å². The lowest BCUT2D eigenvalue weighted by atomic mass is 9.98. The molecule has 2 rings (SSSR count). The van der Waals surface area contributed by atoms with Gasteiger partial charge in [0.05, 0.1) is 19.8 Å². The van der Waals surface area contributed by atoms with E-state index in [2.05, 4.69) is 38.2 Å². The summed E-state index contributed by atoms with van der Waals surface area (Å²) in [6.45, 7) is 2.55. The Kier molecular flexibility index (Phi) is 33.6. The third-order valence-electron chi connectivity index (χ3n) is 12.0. The summed E-state index contributed by atoms with van der Waals surface area (Å²) >= 11 is 0. The van der Waals surface area contributed by atoms with Crippen molar-refractivity contribution in [2.24, 2.45) is 0 Å². The molecule has 4 unspecified atom stereocenters. The molecule has 0 aliphatic carbocycles. The van der Waals surface area contributed by atoms with Gasteiger partial charge in [-0.15, -0.1) is 0 Å². The van der Waals surface area contributed by atoms with Gasteiger partial charge in [0.2, 0.25) is 0 Å². The van der Waals surface area contributed by atoms with Crippen molar-refractivity contribution >= 4 is 11.9 Å². The summed E-state index contributed by atoms with van der Waals surface area (Å²) in [5.41, 5.74) is 0. The molecule has 0 aromatic heterocycles. The zero-order valence-corrected chi connectivity index (χ0v) is 39.3. The summed E-state index contributed by atoms with van der Waals surface area (Å²) in [6, 6.07) is 0. The van der Waals surface area contributed by atoms with E-state index in [1.807, 2.05) is 0 Å². The predicted molar refractivity (Wildman–Crippen MR) is 243 cm³/mol. The monoisotopic (exact) mass is 917 g/mol. The molecule has 374 valence electrons. The number of esters is 2. The van der Waals surface area contributed by atoms with Gasteiger partial charge < -0.3 is 64.2 Å². The van der Waals surface area contributed by atoms with E-state index in [1.54, 1.807) is 0 Å². The van der Waals surface area contributed by atoms with E-state index in [0.717, 1.165) is 57.8 Å². The highest BCUT2D eigenvalue weighted by Crippen LogP contribution is 2.26. The third-order valence-corrected chi connectivity index (χ3v) is 12.0. The largest absolute Gasteiger partial charge is 0.462 e. The van der Waals surface area contributed by atoms with Crippen molar-refractivity contribution in [3.63, 3.8) is 0 Å². The molecular weight excluding hydrogens is 829 g/mol. The molecule has 0 saturated carbocycles. The number of hydrogen-bond donors (Lipinski definition) is 7. The predicted octanol–water partition coefficient (Wildman–Crippen LogP) is 6.38. The highest BCUT2D eigenvalue weighted by molar-refractivity contribution is 5.70. The van der Waals surface area contributed by atoms with E-state index >= 15 is 0 Å². The van der Waals surface area contributed by atoms with Crippen LogP contribution in [0.3, 0.4) is 0 Å². The van der Waals surface area contributed by atoms with Gasteiger partial charge in [0.15, 0.2) is 18.7 Å². The molecule has 0 amide bonds. The van der Waals surface area contributed by atoms with Gasteiger partial charge in [0.25, 0.3) is 0 Å². The molecule has 11 atom stereocenters. The Balaban J connectivity index is 1.83. The van der Waals surface area contributed by atoms with Crippen LogP contribution in [0.1, 0.15) is 181 Å². The number of carbonyl (C=O) groups is 2. The van der Waals surface area contributed by atoms with Crippen LogP contribution in [-0.2, 0) is 38.0 Å². The number of aliphatic hydroxyl groups is 7. The van der Waals surface area contributed by atoms with Crippen LogP contribution in [0.15, 0.2) is 24.3 Å². The number of rotatable bonds is 38. The number of unbranched alkanes of at least 4 members (excludes halogenated alkanes) is 21. The lowest BCUT2D eigenvalue weighted by Gasteiger charge is -2.42. The average Bonchev–Trinajstić information content (AvgIpc) is 3.29. The summed E-state index contributed by atoms with van der Waals surface area (Å²) in [5, 5.41) is 72.0. The summed E-state index contributed by atoms with van der Waals surface area (Å²) in [6.07, 6.45) is 19.2. The average molecular weight is 917 g/mol. The fourth-order valence-electron chi connectivity index (χ4n) is 7.80. The number of carbonyl (C=O) groups excluding carboxylic acids is 2.